The van der Waals surface area contributed by atoms with E-state index in [9.17, 15) is 4.79 Å². The first-order chi connectivity index (χ1) is 12.1. The van der Waals surface area contributed by atoms with Crippen LogP contribution in [0.15, 0.2) is 65.8 Å². The molecule has 7 nitrogen and oxygen atoms in total. The molecule has 0 saturated heterocycles. The molecule has 25 heavy (non-hydrogen) atoms. The van der Waals surface area contributed by atoms with Crippen LogP contribution in [-0.2, 0) is 0.0399 Å². The molecule has 2 rings (SSSR count). The summed E-state index contributed by atoms with van der Waals surface area (Å²) in [6, 6.07) is 19.1. The van der Waals surface area contributed by atoms with Crippen molar-refractivity contribution in [1.82, 2.24) is 0 Å². The van der Waals surface area contributed by atoms with Gasteiger partial charge in [0.05, 0.1) is 5.71 Å². The number of rotatable bonds is 2. The number of aliphatic hydroxyl groups is 1. The molecule has 0 aliphatic carbocycles. The van der Waals surface area contributed by atoms with Crippen LogP contribution in [0.3, 0.4) is 0 Å². The Bertz CT molecular complexity index is 567. The molecule has 0 heterocycles. The zero-order chi connectivity index (χ0) is 20.1. The fourth-order valence-electron chi connectivity index (χ4n) is 1.43. The van der Waals surface area contributed by atoms with Gasteiger partial charge in [-0.2, -0.15) is 5.10 Å². The molecule has 0 bridgehead atoms. The number of aliphatic hydroxyl groups excluding tert-OH is 1. The second-order valence-corrected chi connectivity index (χ2v) is 4.00. The maximum absolute atomic E-state index is 10.6. The van der Waals surface area contributed by atoms with E-state index >= 15 is 0 Å². The topological polar surface area (TPSA) is 145 Å². The molecule has 0 spiro atoms. The molecule has 0 atom stereocenters. The number of nitrogens with two attached hydrogens (primary N) is 3. The minimum absolute atomic E-state index is 0.121. The van der Waals surface area contributed by atoms with Gasteiger partial charge in [-0.3, -0.25) is 16.5 Å². The van der Waals surface area contributed by atoms with Crippen LogP contribution in [0.25, 0.3) is 0 Å². The number of carbonyl (C=O) groups excluding carboxylic acids is 1. The van der Waals surface area contributed by atoms with Crippen molar-refractivity contribution in [2.24, 2.45) is 22.6 Å². The molecule has 0 aromatic heterocycles. The Morgan fingerprint density at radius 1 is 0.840 bits per heavy atom. The van der Waals surface area contributed by atoms with Gasteiger partial charge in [0, 0.05) is 12.7 Å². The summed E-state index contributed by atoms with van der Waals surface area (Å²) in [6.45, 7) is 3.45. The molecule has 0 fully saturated rings. The second-order valence-electron chi connectivity index (χ2n) is 4.00. The first kappa shape index (κ1) is 28.6. The summed E-state index contributed by atoms with van der Waals surface area (Å²) in [5.41, 5.74) is 2.71. The fourth-order valence-corrected chi connectivity index (χ4v) is 1.43. The minimum atomic E-state index is -0.222. The molecule has 0 unspecified atom stereocenters. The molecule has 2 aromatic carbocycles. The third kappa shape index (κ3) is 16.1. The van der Waals surface area contributed by atoms with Crippen LogP contribution < -0.4 is 17.5 Å². The number of nitrogens with zero attached hydrogens (tertiary/aromatic N) is 1. The number of ketones is 1. The standard InChI is InChI=1S/C8H10N2.C8H8O.CH4O.Ba.H4N2.O/c1-7(10-9)8-5-3-2-4-6-8;1-7(9)8-5-3-2-4-6-8;1-2;;1-2;/h2-6H,9H2,1H3;2-6H,1H3;2H,1H3;;1-2H2;. The summed E-state index contributed by atoms with van der Waals surface area (Å²) in [7, 11) is 1.00. The molecule has 134 valence electrons. The quantitative estimate of drug-likeness (QED) is 0.170. The third-order valence-electron chi connectivity index (χ3n) is 2.57. The number of benzene rings is 2. The zero-order valence-corrected chi connectivity index (χ0v) is 19.4. The Morgan fingerprint density at radius 3 is 1.40 bits per heavy atom. The van der Waals surface area contributed by atoms with Crippen molar-refractivity contribution >= 4 is 58.2 Å². The molecule has 0 aliphatic heterocycles. The van der Waals surface area contributed by atoms with Crippen molar-refractivity contribution in [3.63, 3.8) is 0 Å². The molecule has 2 aromatic rings. The van der Waals surface area contributed by atoms with Gasteiger partial charge in [-0.1, -0.05) is 60.7 Å². The van der Waals surface area contributed by atoms with E-state index in [0.717, 1.165) is 23.9 Å². The Kier molecular flexibility index (Phi) is 26.1. The van der Waals surface area contributed by atoms with E-state index < -0.39 is 0 Å². The van der Waals surface area contributed by atoms with E-state index in [4.69, 9.17) is 11.0 Å². The van der Waals surface area contributed by atoms with Crippen molar-refractivity contribution in [2.45, 2.75) is 13.8 Å². The molecule has 0 amide bonds. The number of carbonyl (C=O) groups is 1. The SMILES string of the molecule is CC(=NN)c1ccccc1.CC(=O)c1ccccc1.CO.NN.[O]=[Ba]. The summed E-state index contributed by atoms with van der Waals surface area (Å²) in [6.07, 6.45) is 0. The molecule has 0 radical (unpaired) electrons. The van der Waals surface area contributed by atoms with Gasteiger partial charge >= 0.3 is 46.8 Å². The second kappa shape index (κ2) is 22.8. The monoisotopic (exact) mass is 472 g/mol. The number of hydrogen-bond acceptors (Lipinski definition) is 7. The molecular formula is C17H26BaN4O3. The van der Waals surface area contributed by atoms with Crippen LogP contribution in [-0.4, -0.2) is 70.4 Å². The maximum atomic E-state index is 10.6. The predicted octanol–water partition coefficient (Wildman–Crippen LogP) is 1.19. The molecule has 0 saturated carbocycles. The van der Waals surface area contributed by atoms with Crippen molar-refractivity contribution in [1.29, 1.82) is 0 Å². The van der Waals surface area contributed by atoms with Gasteiger partial charge in [0.1, 0.15) is 0 Å². The van der Waals surface area contributed by atoms with Crippen molar-refractivity contribution < 1.29 is 9.94 Å². The number of hydrazine groups is 1. The summed E-state index contributed by atoms with van der Waals surface area (Å²) in [5.74, 6) is 13.2. The van der Waals surface area contributed by atoms with Crippen LogP contribution in [0.5, 0.6) is 0 Å². The van der Waals surface area contributed by atoms with Gasteiger partial charge in [0.25, 0.3) is 0 Å². The molecular weight excluding hydrogens is 446 g/mol. The van der Waals surface area contributed by atoms with E-state index in [1.807, 2.05) is 67.6 Å². The van der Waals surface area contributed by atoms with Gasteiger partial charge in [0.15, 0.2) is 5.78 Å². The molecule has 8 heteroatoms. The number of Topliss-reactive ketones (excluding diaryl/α,β-unsaturated/α-hetero) is 1. The van der Waals surface area contributed by atoms with Crippen LogP contribution in [0.1, 0.15) is 29.8 Å². The van der Waals surface area contributed by atoms with Crippen LogP contribution in [0.4, 0.5) is 0 Å². The van der Waals surface area contributed by atoms with Crippen LogP contribution in [0, 0.1) is 0 Å². The van der Waals surface area contributed by atoms with Crippen molar-refractivity contribution in [2.75, 3.05) is 7.11 Å². The predicted molar refractivity (Wildman–Crippen MR) is 102 cm³/mol. The molecule has 7 N–H and O–H groups in total. The van der Waals surface area contributed by atoms with Gasteiger partial charge in [-0.15, -0.1) is 0 Å². The van der Waals surface area contributed by atoms with Gasteiger partial charge in [-0.25, -0.2) is 0 Å². The molecule has 0 aliphatic rings. The summed E-state index contributed by atoms with van der Waals surface area (Å²) < 4.78 is 8.44. The van der Waals surface area contributed by atoms with Crippen molar-refractivity contribution in [3.05, 3.63) is 71.8 Å². The van der Waals surface area contributed by atoms with Crippen LogP contribution >= 0.6 is 0 Å². The average molecular weight is 472 g/mol. The van der Waals surface area contributed by atoms with E-state index in [-0.39, 0.29) is 52.5 Å². The van der Waals surface area contributed by atoms with E-state index in [0.29, 0.717) is 0 Å². The van der Waals surface area contributed by atoms with Gasteiger partial charge < -0.3 is 10.9 Å². The number of hydrazone groups is 1. The van der Waals surface area contributed by atoms with Gasteiger partial charge in [0.2, 0.25) is 0 Å². The Labute approximate surface area is 182 Å². The first-order valence-corrected chi connectivity index (χ1v) is 8.89. The Morgan fingerprint density at radius 2 is 1.16 bits per heavy atom. The summed E-state index contributed by atoms with van der Waals surface area (Å²) in [4.78, 5) is 10.6. The summed E-state index contributed by atoms with van der Waals surface area (Å²) in [5, 5.41) is 10.6. The van der Waals surface area contributed by atoms with Crippen molar-refractivity contribution in [3.8, 4) is 0 Å². The van der Waals surface area contributed by atoms with E-state index in [1.54, 1.807) is 6.92 Å². The van der Waals surface area contributed by atoms with Gasteiger partial charge in [-0.05, 0) is 19.4 Å². The fraction of sp³-hybridized carbons (Fsp3) is 0.176. The average Bonchev–Trinajstić information content (AvgIpc) is 2.73. The summed E-state index contributed by atoms with van der Waals surface area (Å²) >= 11 is -0.222. The third-order valence-corrected chi connectivity index (χ3v) is 2.57. The Balaban J connectivity index is -0.000000299. The zero-order valence-electron chi connectivity index (χ0n) is 14.9. The van der Waals surface area contributed by atoms with Crippen LogP contribution in [0.2, 0.25) is 0 Å². The van der Waals surface area contributed by atoms with E-state index in [2.05, 4.69) is 16.8 Å². The Hall–Kier alpha value is -1.17. The first-order valence-electron chi connectivity index (χ1n) is 7.08. The normalized spacial score (nSPS) is 8.56. The number of hydrogen-bond donors (Lipinski definition) is 4. The van der Waals surface area contributed by atoms with E-state index in [1.165, 1.54) is 0 Å².